The minimum absolute atomic E-state index is 0.0212. The van der Waals surface area contributed by atoms with Crippen LogP contribution in [0.1, 0.15) is 5.56 Å². The summed E-state index contributed by atoms with van der Waals surface area (Å²) in [6.07, 6.45) is -3.42. The van der Waals surface area contributed by atoms with Crippen molar-refractivity contribution in [2.45, 2.75) is 11.1 Å². The van der Waals surface area contributed by atoms with Gasteiger partial charge in [0.15, 0.2) is 17.0 Å². The minimum Gasteiger partial charge on any atom is -0.497 e. The van der Waals surface area contributed by atoms with Crippen LogP contribution < -0.4 is 9.64 Å². The normalized spacial score (nSPS) is 15.4. The molecule has 0 aliphatic carbocycles. The number of fused-ring (bicyclic) bond motifs is 1. The molecular weight excluding hydrogens is 499 g/mol. The van der Waals surface area contributed by atoms with Crippen molar-refractivity contribution in [2.24, 2.45) is 0 Å². The summed E-state index contributed by atoms with van der Waals surface area (Å²) in [4.78, 5) is 9.68. The molecule has 0 bridgehead atoms. The third-order valence-corrected chi connectivity index (χ3v) is 7.84. The Morgan fingerprint density at radius 3 is 2.31 bits per heavy atom. The molecule has 0 atom stereocenters. The summed E-state index contributed by atoms with van der Waals surface area (Å²) in [5.41, 5.74) is 0.411. The first-order valence-electron chi connectivity index (χ1n) is 10.8. The number of rotatable bonds is 5. The lowest BCUT2D eigenvalue weighted by atomic mass is 10.2. The summed E-state index contributed by atoms with van der Waals surface area (Å²) < 4.78 is 74.2. The van der Waals surface area contributed by atoms with Crippen LogP contribution in [0.4, 0.5) is 19.0 Å². The van der Waals surface area contributed by atoms with E-state index in [9.17, 15) is 21.6 Å². The van der Waals surface area contributed by atoms with Crippen molar-refractivity contribution >= 4 is 27.0 Å². The SMILES string of the molecule is COc1ccc(-n2nnc3c(N4CCN(S(=O)(=O)c5ccccc5C(F)(F)F)CC4)ncnc32)cc1. The number of benzene rings is 2. The molecule has 188 valence electrons. The Balaban J connectivity index is 1.39. The minimum atomic E-state index is -4.78. The monoisotopic (exact) mass is 519 g/mol. The highest BCUT2D eigenvalue weighted by Crippen LogP contribution is 2.35. The zero-order chi connectivity index (χ0) is 25.5. The first-order chi connectivity index (χ1) is 17.2. The van der Waals surface area contributed by atoms with Gasteiger partial charge in [0.05, 0.1) is 23.3 Å². The van der Waals surface area contributed by atoms with E-state index in [2.05, 4.69) is 20.3 Å². The van der Waals surface area contributed by atoms with Gasteiger partial charge in [-0.05, 0) is 36.4 Å². The molecule has 2 aromatic carbocycles. The molecule has 14 heteroatoms. The van der Waals surface area contributed by atoms with Gasteiger partial charge in [0.25, 0.3) is 0 Å². The van der Waals surface area contributed by atoms with Gasteiger partial charge in [-0.2, -0.15) is 22.2 Å². The second-order valence-electron chi connectivity index (χ2n) is 7.95. The summed E-state index contributed by atoms with van der Waals surface area (Å²) in [7, 11) is -2.78. The van der Waals surface area contributed by atoms with Crippen LogP contribution in [-0.4, -0.2) is 71.0 Å². The highest BCUT2D eigenvalue weighted by molar-refractivity contribution is 7.89. The number of halogens is 3. The van der Waals surface area contributed by atoms with Crippen molar-refractivity contribution in [3.63, 3.8) is 0 Å². The quantitative estimate of drug-likeness (QED) is 0.396. The average Bonchev–Trinajstić information content (AvgIpc) is 3.33. The molecule has 0 saturated carbocycles. The summed E-state index contributed by atoms with van der Waals surface area (Å²) in [6.45, 7) is 0.364. The number of hydrogen-bond donors (Lipinski definition) is 0. The lowest BCUT2D eigenvalue weighted by molar-refractivity contribution is -0.139. The van der Waals surface area contributed by atoms with Crippen molar-refractivity contribution in [2.75, 3.05) is 38.2 Å². The van der Waals surface area contributed by atoms with Crippen molar-refractivity contribution in [3.8, 4) is 11.4 Å². The van der Waals surface area contributed by atoms with Crippen LogP contribution in [0.15, 0.2) is 59.8 Å². The van der Waals surface area contributed by atoms with Gasteiger partial charge in [0.2, 0.25) is 10.0 Å². The zero-order valence-corrected chi connectivity index (χ0v) is 19.7. The van der Waals surface area contributed by atoms with Crippen LogP contribution in [-0.2, 0) is 16.2 Å². The van der Waals surface area contributed by atoms with Crippen LogP contribution in [0.5, 0.6) is 5.75 Å². The van der Waals surface area contributed by atoms with Gasteiger partial charge in [0, 0.05) is 26.2 Å². The van der Waals surface area contributed by atoms with Crippen LogP contribution in [0.25, 0.3) is 16.9 Å². The van der Waals surface area contributed by atoms with Gasteiger partial charge in [0.1, 0.15) is 12.1 Å². The maximum absolute atomic E-state index is 13.4. The smallest absolute Gasteiger partial charge is 0.417 e. The van der Waals surface area contributed by atoms with Crippen molar-refractivity contribution < 1.29 is 26.3 Å². The molecule has 5 rings (SSSR count). The third-order valence-electron chi connectivity index (χ3n) is 5.88. The average molecular weight is 520 g/mol. The highest BCUT2D eigenvalue weighted by atomic mass is 32.2. The molecule has 2 aromatic heterocycles. The van der Waals surface area contributed by atoms with E-state index in [0.29, 0.717) is 28.4 Å². The van der Waals surface area contributed by atoms with E-state index in [-0.39, 0.29) is 26.2 Å². The number of alkyl halides is 3. The van der Waals surface area contributed by atoms with E-state index in [4.69, 9.17) is 4.74 Å². The maximum Gasteiger partial charge on any atom is 0.417 e. The number of sulfonamides is 1. The van der Waals surface area contributed by atoms with E-state index in [1.54, 1.807) is 36.1 Å². The van der Waals surface area contributed by atoms with Crippen LogP contribution in [0.2, 0.25) is 0 Å². The van der Waals surface area contributed by atoms with E-state index in [1.807, 2.05) is 4.90 Å². The number of nitrogens with zero attached hydrogens (tertiary/aromatic N) is 7. The Labute approximate surface area is 204 Å². The molecule has 1 aliphatic heterocycles. The Bertz CT molecular complexity index is 1500. The van der Waals surface area contributed by atoms with Crippen LogP contribution in [0, 0.1) is 0 Å². The molecule has 0 N–H and O–H groups in total. The fourth-order valence-corrected chi connectivity index (χ4v) is 5.71. The van der Waals surface area contributed by atoms with E-state index < -0.39 is 26.7 Å². The van der Waals surface area contributed by atoms with Gasteiger partial charge in [-0.25, -0.2) is 18.4 Å². The first kappa shape index (κ1) is 23.9. The first-order valence-corrected chi connectivity index (χ1v) is 12.3. The molecule has 4 aromatic rings. The molecule has 36 heavy (non-hydrogen) atoms. The number of anilines is 1. The second-order valence-corrected chi connectivity index (χ2v) is 9.86. The Kier molecular flexibility index (Phi) is 6.00. The highest BCUT2D eigenvalue weighted by Gasteiger charge is 2.39. The van der Waals surface area contributed by atoms with Crippen LogP contribution in [0.3, 0.4) is 0 Å². The molecule has 3 heterocycles. The van der Waals surface area contributed by atoms with E-state index >= 15 is 0 Å². The molecular formula is C22H20F3N7O3S. The van der Waals surface area contributed by atoms with Crippen molar-refractivity contribution in [3.05, 3.63) is 60.4 Å². The number of hydrogen-bond acceptors (Lipinski definition) is 8. The fourth-order valence-electron chi connectivity index (χ4n) is 4.07. The van der Waals surface area contributed by atoms with E-state index in [1.165, 1.54) is 18.5 Å². The number of piperazine rings is 1. The summed E-state index contributed by atoms with van der Waals surface area (Å²) in [5.74, 6) is 1.15. The summed E-state index contributed by atoms with van der Waals surface area (Å²) in [5, 5.41) is 8.41. The molecule has 0 spiro atoms. The van der Waals surface area contributed by atoms with Gasteiger partial charge in [-0.1, -0.05) is 17.3 Å². The third kappa shape index (κ3) is 4.22. The second kappa shape index (κ2) is 9.02. The lowest BCUT2D eigenvalue weighted by Crippen LogP contribution is -2.49. The van der Waals surface area contributed by atoms with Gasteiger partial charge >= 0.3 is 6.18 Å². The Morgan fingerprint density at radius 2 is 1.64 bits per heavy atom. The summed E-state index contributed by atoms with van der Waals surface area (Å²) in [6, 6.07) is 11.4. The molecule has 1 saturated heterocycles. The van der Waals surface area contributed by atoms with Crippen molar-refractivity contribution in [1.82, 2.24) is 29.3 Å². The molecule has 0 radical (unpaired) electrons. The largest absolute Gasteiger partial charge is 0.497 e. The van der Waals surface area contributed by atoms with E-state index in [0.717, 1.165) is 16.4 Å². The molecule has 0 amide bonds. The topological polar surface area (TPSA) is 106 Å². The van der Waals surface area contributed by atoms with Gasteiger partial charge < -0.3 is 9.64 Å². The summed E-state index contributed by atoms with van der Waals surface area (Å²) >= 11 is 0. The molecule has 1 fully saturated rings. The molecule has 1 aliphatic rings. The number of methoxy groups -OCH3 is 1. The van der Waals surface area contributed by atoms with Crippen LogP contribution >= 0.6 is 0 Å². The Hall–Kier alpha value is -3.78. The Morgan fingerprint density at radius 1 is 0.944 bits per heavy atom. The lowest BCUT2D eigenvalue weighted by Gasteiger charge is -2.34. The predicted molar refractivity (Wildman–Crippen MR) is 123 cm³/mol. The molecule has 10 nitrogen and oxygen atoms in total. The standard InChI is InChI=1S/C22H20F3N7O3S/c1-35-16-8-6-15(7-9-16)32-21-19(28-29-32)20(26-14-27-21)30-10-12-31(13-11-30)36(33,34)18-5-3-2-4-17(18)22(23,24)25/h2-9,14H,10-13H2,1H3. The number of aromatic nitrogens is 5. The molecule has 0 unspecified atom stereocenters. The fraction of sp³-hybridized carbons (Fsp3) is 0.273. The predicted octanol–water partition coefficient (Wildman–Crippen LogP) is 2.75. The van der Waals surface area contributed by atoms with Gasteiger partial charge in [-0.15, -0.1) is 5.10 Å². The zero-order valence-electron chi connectivity index (χ0n) is 18.9. The van der Waals surface area contributed by atoms with Gasteiger partial charge in [-0.3, -0.25) is 0 Å². The number of ether oxygens (including phenoxy) is 1. The van der Waals surface area contributed by atoms with Crippen molar-refractivity contribution in [1.29, 1.82) is 0 Å². The maximum atomic E-state index is 13.4.